The minimum absolute atomic E-state index is 0.551. The van der Waals surface area contributed by atoms with Crippen LogP contribution in [-0.2, 0) is 6.54 Å². The summed E-state index contributed by atoms with van der Waals surface area (Å²) in [5, 5.41) is 4.46. The summed E-state index contributed by atoms with van der Waals surface area (Å²) in [6.45, 7) is 7.27. The molecule has 0 fully saturated rings. The molecule has 0 unspecified atom stereocenters. The van der Waals surface area contributed by atoms with Crippen LogP contribution in [0.25, 0.3) is 11.3 Å². The zero-order valence-electron chi connectivity index (χ0n) is 10.6. The Morgan fingerprint density at radius 1 is 1.24 bits per heavy atom. The topological polar surface area (TPSA) is 43.8 Å². The van der Waals surface area contributed by atoms with Crippen molar-refractivity contribution in [3.63, 3.8) is 0 Å². The van der Waals surface area contributed by atoms with E-state index < -0.39 is 0 Å². The van der Waals surface area contributed by atoms with Crippen molar-refractivity contribution in [1.82, 2.24) is 9.78 Å². The highest BCUT2D eigenvalue weighted by Gasteiger charge is 2.08. The van der Waals surface area contributed by atoms with Crippen molar-refractivity contribution in [2.24, 2.45) is 0 Å². The highest BCUT2D eigenvalue weighted by molar-refractivity contribution is 5.72. The molecular formula is C14H19N3. The zero-order valence-corrected chi connectivity index (χ0v) is 10.6. The molecule has 0 saturated carbocycles. The molecule has 1 aromatic carbocycles. The van der Waals surface area contributed by atoms with Crippen LogP contribution >= 0.6 is 0 Å². The molecule has 0 aliphatic heterocycles. The lowest BCUT2D eigenvalue weighted by atomic mass is 10.0. The van der Waals surface area contributed by atoms with Crippen molar-refractivity contribution in [2.45, 2.75) is 33.2 Å². The lowest BCUT2D eigenvalue weighted by Crippen LogP contribution is -1.94. The third-order valence-corrected chi connectivity index (χ3v) is 2.96. The Bertz CT molecular complexity index is 495. The van der Waals surface area contributed by atoms with Crippen LogP contribution in [0.2, 0.25) is 0 Å². The van der Waals surface area contributed by atoms with E-state index in [0.29, 0.717) is 5.92 Å². The van der Waals surface area contributed by atoms with Gasteiger partial charge in [0.15, 0.2) is 0 Å². The van der Waals surface area contributed by atoms with Crippen molar-refractivity contribution < 1.29 is 0 Å². The molecule has 0 aliphatic carbocycles. The number of aromatic nitrogens is 2. The van der Waals surface area contributed by atoms with E-state index in [9.17, 15) is 0 Å². The largest absolute Gasteiger partial charge is 0.396 e. The third-order valence-electron chi connectivity index (χ3n) is 2.96. The smallest absolute Gasteiger partial charge is 0.115 e. The normalized spacial score (nSPS) is 11.1. The van der Waals surface area contributed by atoms with E-state index in [-0.39, 0.29) is 0 Å². The van der Waals surface area contributed by atoms with Gasteiger partial charge >= 0.3 is 0 Å². The highest BCUT2D eigenvalue weighted by atomic mass is 15.3. The maximum Gasteiger partial charge on any atom is 0.115 e. The first-order chi connectivity index (χ1) is 8.11. The van der Waals surface area contributed by atoms with Crippen molar-refractivity contribution in [1.29, 1.82) is 0 Å². The van der Waals surface area contributed by atoms with Gasteiger partial charge in [0.05, 0.1) is 5.69 Å². The first kappa shape index (κ1) is 11.7. The van der Waals surface area contributed by atoms with Crippen molar-refractivity contribution in [3.8, 4) is 11.3 Å². The minimum atomic E-state index is 0.551. The van der Waals surface area contributed by atoms with E-state index in [1.807, 2.05) is 10.9 Å². The molecule has 1 aromatic heterocycles. The first-order valence-corrected chi connectivity index (χ1v) is 6.05. The number of hydrogen-bond acceptors (Lipinski definition) is 2. The van der Waals surface area contributed by atoms with Gasteiger partial charge in [0.2, 0.25) is 0 Å². The van der Waals surface area contributed by atoms with Gasteiger partial charge in [0.1, 0.15) is 5.69 Å². The van der Waals surface area contributed by atoms with E-state index >= 15 is 0 Å². The number of aryl methyl sites for hydroxylation is 1. The fraction of sp³-hybridized carbons (Fsp3) is 0.357. The average Bonchev–Trinajstić information content (AvgIpc) is 2.71. The molecule has 1 heterocycles. The second-order valence-corrected chi connectivity index (χ2v) is 4.57. The Labute approximate surface area is 102 Å². The summed E-state index contributed by atoms with van der Waals surface area (Å²) in [5.41, 5.74) is 10.00. The molecule has 17 heavy (non-hydrogen) atoms. The number of benzene rings is 1. The third kappa shape index (κ3) is 2.33. The van der Waals surface area contributed by atoms with E-state index in [1.165, 1.54) is 5.56 Å². The fourth-order valence-electron chi connectivity index (χ4n) is 1.85. The molecule has 0 bridgehead atoms. The first-order valence-electron chi connectivity index (χ1n) is 6.05. The quantitative estimate of drug-likeness (QED) is 0.877. The van der Waals surface area contributed by atoms with E-state index in [4.69, 9.17) is 5.73 Å². The van der Waals surface area contributed by atoms with Crippen LogP contribution < -0.4 is 5.73 Å². The van der Waals surface area contributed by atoms with Crippen LogP contribution in [0.1, 0.15) is 32.3 Å². The number of nitrogens with two attached hydrogens (primary N) is 1. The Hall–Kier alpha value is -1.77. The molecule has 90 valence electrons. The average molecular weight is 229 g/mol. The maximum absolute atomic E-state index is 5.96. The van der Waals surface area contributed by atoms with Crippen molar-refractivity contribution in [2.75, 3.05) is 5.73 Å². The Kier molecular flexibility index (Phi) is 3.18. The van der Waals surface area contributed by atoms with Crippen LogP contribution in [0.3, 0.4) is 0 Å². The number of nitrogen functional groups attached to an aromatic ring is 1. The predicted molar refractivity (Wildman–Crippen MR) is 71.8 cm³/mol. The Morgan fingerprint density at radius 2 is 1.88 bits per heavy atom. The summed E-state index contributed by atoms with van der Waals surface area (Å²) in [5.74, 6) is 0.551. The summed E-state index contributed by atoms with van der Waals surface area (Å²) >= 11 is 0. The van der Waals surface area contributed by atoms with Crippen LogP contribution in [0.4, 0.5) is 5.69 Å². The lowest BCUT2D eigenvalue weighted by Gasteiger charge is -2.05. The van der Waals surface area contributed by atoms with Crippen LogP contribution in [0, 0.1) is 0 Å². The van der Waals surface area contributed by atoms with Crippen LogP contribution in [0.5, 0.6) is 0 Å². The Balaban J connectivity index is 2.36. The van der Waals surface area contributed by atoms with Gasteiger partial charge in [-0.3, -0.25) is 4.68 Å². The van der Waals surface area contributed by atoms with E-state index in [2.05, 4.69) is 50.1 Å². The summed E-state index contributed by atoms with van der Waals surface area (Å²) < 4.78 is 1.86. The predicted octanol–water partition coefficient (Wildman–Crippen LogP) is 3.28. The summed E-state index contributed by atoms with van der Waals surface area (Å²) in [6, 6.07) is 8.47. The number of anilines is 1. The van der Waals surface area contributed by atoms with Gasteiger partial charge < -0.3 is 5.73 Å². The van der Waals surface area contributed by atoms with Gasteiger partial charge in [0, 0.05) is 18.3 Å². The van der Waals surface area contributed by atoms with Crippen molar-refractivity contribution in [3.05, 3.63) is 36.0 Å². The van der Waals surface area contributed by atoms with Gasteiger partial charge in [-0.15, -0.1) is 0 Å². The molecule has 3 heteroatoms. The second kappa shape index (κ2) is 4.62. The molecule has 0 amide bonds. The highest BCUT2D eigenvalue weighted by Crippen LogP contribution is 2.25. The molecule has 0 saturated heterocycles. The monoisotopic (exact) mass is 229 g/mol. The number of rotatable bonds is 3. The van der Waals surface area contributed by atoms with Crippen LogP contribution in [-0.4, -0.2) is 9.78 Å². The molecule has 0 radical (unpaired) electrons. The summed E-state index contributed by atoms with van der Waals surface area (Å²) in [4.78, 5) is 0. The summed E-state index contributed by atoms with van der Waals surface area (Å²) in [6.07, 6.45) is 1.88. The van der Waals surface area contributed by atoms with Gasteiger partial charge in [-0.2, -0.15) is 5.10 Å². The van der Waals surface area contributed by atoms with Crippen molar-refractivity contribution >= 4 is 5.69 Å². The minimum Gasteiger partial charge on any atom is -0.396 e. The fourth-order valence-corrected chi connectivity index (χ4v) is 1.85. The Morgan fingerprint density at radius 3 is 2.35 bits per heavy atom. The van der Waals surface area contributed by atoms with E-state index in [1.54, 1.807) is 0 Å². The number of hydrogen-bond donors (Lipinski definition) is 1. The SMILES string of the molecule is CCn1cc(N)c(-c2ccc(C(C)C)cc2)n1. The molecule has 0 aliphatic rings. The molecular weight excluding hydrogens is 210 g/mol. The second-order valence-electron chi connectivity index (χ2n) is 4.57. The molecule has 0 spiro atoms. The zero-order chi connectivity index (χ0) is 12.4. The summed E-state index contributed by atoms with van der Waals surface area (Å²) in [7, 11) is 0. The maximum atomic E-state index is 5.96. The van der Waals surface area contributed by atoms with Gasteiger partial charge in [0.25, 0.3) is 0 Å². The molecule has 2 rings (SSSR count). The van der Waals surface area contributed by atoms with Crippen LogP contribution in [0.15, 0.2) is 30.5 Å². The lowest BCUT2D eigenvalue weighted by molar-refractivity contribution is 0.662. The molecule has 3 nitrogen and oxygen atoms in total. The van der Waals surface area contributed by atoms with Gasteiger partial charge in [-0.05, 0) is 18.4 Å². The number of nitrogens with zero attached hydrogens (tertiary/aromatic N) is 2. The molecule has 0 atom stereocenters. The standard InChI is InChI=1S/C14H19N3/c1-4-17-9-13(15)14(16-17)12-7-5-11(6-8-12)10(2)3/h5-10H,4,15H2,1-3H3. The van der Waals surface area contributed by atoms with Gasteiger partial charge in [-0.25, -0.2) is 0 Å². The van der Waals surface area contributed by atoms with Gasteiger partial charge in [-0.1, -0.05) is 38.1 Å². The van der Waals surface area contributed by atoms with E-state index in [0.717, 1.165) is 23.5 Å². The molecule has 2 aromatic rings. The molecule has 2 N–H and O–H groups in total.